The molecule has 0 aromatic heterocycles. The minimum Gasteiger partial charge on any atom is -0.413 e. The topological polar surface area (TPSA) is 26.3 Å². The van der Waals surface area contributed by atoms with Crippen LogP contribution in [0.1, 0.15) is 63.7 Å². The molecule has 3 atom stereocenters. The molecule has 0 aliphatic heterocycles. The first-order valence-corrected chi connectivity index (χ1v) is 13.2. The van der Waals surface area contributed by atoms with Crippen molar-refractivity contribution in [1.82, 2.24) is 0 Å². The van der Waals surface area contributed by atoms with Crippen molar-refractivity contribution in [2.45, 2.75) is 71.8 Å². The van der Waals surface area contributed by atoms with Crippen molar-refractivity contribution in [2.24, 2.45) is 17.3 Å². The van der Waals surface area contributed by atoms with E-state index in [0.717, 1.165) is 30.5 Å². The largest absolute Gasteiger partial charge is 0.416 e. The second-order valence-electron chi connectivity index (χ2n) is 9.40. The summed E-state index contributed by atoms with van der Waals surface area (Å²) >= 11 is 0. The molecule has 0 saturated heterocycles. The Morgan fingerprint density at radius 2 is 1.76 bits per heavy atom. The number of benzene rings is 1. The Hall–Kier alpha value is -1.40. The predicted octanol–water partition coefficient (Wildman–Crippen LogP) is 6.72. The lowest BCUT2D eigenvalue weighted by Crippen LogP contribution is -2.30. The van der Waals surface area contributed by atoms with Crippen molar-refractivity contribution >= 4 is 14.8 Å². The fourth-order valence-corrected chi connectivity index (χ4v) is 4.78. The van der Waals surface area contributed by atoms with Crippen molar-refractivity contribution < 1.29 is 22.4 Å². The van der Waals surface area contributed by atoms with Crippen molar-refractivity contribution in [2.75, 3.05) is 0 Å². The summed E-state index contributed by atoms with van der Waals surface area (Å²) in [7, 11) is -1.45. The minimum absolute atomic E-state index is 0.00818. The molecule has 1 aliphatic carbocycles. The zero-order valence-corrected chi connectivity index (χ0v) is 19.2. The molecule has 0 bridgehead atoms. The summed E-state index contributed by atoms with van der Waals surface area (Å²) in [6, 6.07) is 5.36. The molecule has 1 aromatic carbocycles. The number of carbonyl (C=O) groups is 1. The third kappa shape index (κ3) is 7.10. The van der Waals surface area contributed by atoms with E-state index < -0.39 is 20.8 Å². The summed E-state index contributed by atoms with van der Waals surface area (Å²) in [4.78, 5) is 11.8. The van der Waals surface area contributed by atoms with Crippen molar-refractivity contribution in [3.63, 3.8) is 0 Å². The zero-order chi connectivity index (χ0) is 21.8. The smallest absolute Gasteiger partial charge is 0.413 e. The summed E-state index contributed by atoms with van der Waals surface area (Å²) in [5, 5.41) is 0. The monoisotopic (exact) mass is 426 g/mol. The Morgan fingerprint density at radius 3 is 2.24 bits per heavy atom. The number of Topliss-reactive ketones (excluding diaryl/α,β-unsaturated/α-hetero) is 1. The van der Waals surface area contributed by atoms with E-state index in [9.17, 15) is 18.0 Å². The van der Waals surface area contributed by atoms with Gasteiger partial charge in [0.1, 0.15) is 5.78 Å². The van der Waals surface area contributed by atoms with Gasteiger partial charge in [-0.1, -0.05) is 45.1 Å². The number of hydrogen-bond donors (Lipinski definition) is 0. The summed E-state index contributed by atoms with van der Waals surface area (Å²) in [6.45, 7) is 10.5. The van der Waals surface area contributed by atoms with Gasteiger partial charge in [-0.2, -0.15) is 13.2 Å². The van der Waals surface area contributed by atoms with Crippen LogP contribution in [-0.4, -0.2) is 14.8 Å². The van der Waals surface area contributed by atoms with Gasteiger partial charge < -0.3 is 4.43 Å². The maximum absolute atomic E-state index is 13.0. The summed E-state index contributed by atoms with van der Waals surface area (Å²) in [5.41, 5.74) is -0.0277. The van der Waals surface area contributed by atoms with Gasteiger partial charge in [0.05, 0.1) is 11.7 Å². The van der Waals surface area contributed by atoms with E-state index in [1.54, 1.807) is 12.1 Å². The lowest BCUT2D eigenvalue weighted by atomic mass is 9.74. The highest BCUT2D eigenvalue weighted by atomic mass is 28.3. The number of carbonyl (C=O) groups excluding carboxylic acids is 1. The van der Waals surface area contributed by atoms with Crippen molar-refractivity contribution in [1.29, 1.82) is 0 Å². The van der Waals surface area contributed by atoms with Crippen LogP contribution in [0.25, 0.3) is 0 Å². The molecule has 0 N–H and O–H groups in total. The molecule has 1 fully saturated rings. The fourth-order valence-electron chi connectivity index (χ4n) is 3.87. The first kappa shape index (κ1) is 23.9. The van der Waals surface area contributed by atoms with Gasteiger partial charge in [0.25, 0.3) is 0 Å². The van der Waals surface area contributed by atoms with Gasteiger partial charge in [0, 0.05) is 18.8 Å². The fraction of sp³-hybridized carbons (Fsp3) is 0.609. The summed E-state index contributed by atoms with van der Waals surface area (Å²) in [5.74, 6) is 0.542. The Bertz CT molecular complexity index is 702. The van der Waals surface area contributed by atoms with Crippen LogP contribution in [0.4, 0.5) is 13.2 Å². The lowest BCUT2D eigenvalue weighted by molar-refractivity contribution is -0.137. The van der Waals surface area contributed by atoms with E-state index in [1.807, 2.05) is 0 Å². The SMILES string of the molecule is C[SiH](C)OC(c1ccc(C(F)(F)F)cc1)C(C=CC1CCCC(=O)C1)C(C)(C)C. The second-order valence-corrected chi connectivity index (χ2v) is 11.8. The van der Waals surface area contributed by atoms with Crippen LogP contribution in [-0.2, 0) is 15.4 Å². The van der Waals surface area contributed by atoms with Crippen molar-refractivity contribution in [3.05, 3.63) is 47.5 Å². The lowest BCUT2D eigenvalue weighted by Gasteiger charge is -2.37. The van der Waals surface area contributed by atoms with Gasteiger partial charge in [-0.3, -0.25) is 4.79 Å². The highest BCUT2D eigenvalue weighted by Gasteiger charge is 2.34. The van der Waals surface area contributed by atoms with Crippen LogP contribution in [0, 0.1) is 17.3 Å². The summed E-state index contributed by atoms with van der Waals surface area (Å²) < 4.78 is 45.3. The molecular weight excluding hydrogens is 393 g/mol. The molecule has 162 valence electrons. The Balaban J connectivity index is 2.34. The van der Waals surface area contributed by atoms with Gasteiger partial charge in [0.15, 0.2) is 9.04 Å². The molecule has 6 heteroatoms. The minimum atomic E-state index is -4.35. The third-order valence-corrected chi connectivity index (χ3v) is 6.26. The molecule has 0 radical (unpaired) electrons. The standard InChI is InChI=1S/C23H33F3O2Si/c1-22(2,3)20(14-9-16-7-6-8-19(27)15-16)21(28-29(4)5)17-10-12-18(13-11-17)23(24,25)26/h9-14,16,20-21,29H,6-8,15H2,1-5H3. The normalized spacial score (nSPS) is 21.0. The van der Waals surface area contributed by atoms with Crippen LogP contribution in [0.5, 0.6) is 0 Å². The molecule has 3 unspecified atom stereocenters. The van der Waals surface area contributed by atoms with Gasteiger partial charge in [-0.15, -0.1) is 0 Å². The first-order valence-electron chi connectivity index (χ1n) is 10.4. The molecule has 0 spiro atoms. The number of rotatable bonds is 6. The Labute approximate surface area is 174 Å². The van der Waals surface area contributed by atoms with Crippen LogP contribution >= 0.6 is 0 Å². The first-order chi connectivity index (χ1) is 13.4. The van der Waals surface area contributed by atoms with E-state index in [0.29, 0.717) is 18.6 Å². The van der Waals surface area contributed by atoms with Crippen molar-refractivity contribution in [3.8, 4) is 0 Å². The van der Waals surface area contributed by atoms with E-state index >= 15 is 0 Å². The quantitative estimate of drug-likeness (QED) is 0.373. The van der Waals surface area contributed by atoms with Crippen LogP contribution in [0.2, 0.25) is 13.1 Å². The van der Waals surface area contributed by atoms with Gasteiger partial charge in [0.2, 0.25) is 0 Å². The van der Waals surface area contributed by atoms with E-state index in [2.05, 4.69) is 46.0 Å². The van der Waals surface area contributed by atoms with E-state index in [1.165, 1.54) is 0 Å². The predicted molar refractivity (Wildman–Crippen MR) is 113 cm³/mol. The van der Waals surface area contributed by atoms with Crippen LogP contribution < -0.4 is 0 Å². The van der Waals surface area contributed by atoms with E-state index in [4.69, 9.17) is 4.43 Å². The third-order valence-electron chi connectivity index (χ3n) is 5.42. The van der Waals surface area contributed by atoms with Crippen LogP contribution in [0.15, 0.2) is 36.4 Å². The molecule has 2 nitrogen and oxygen atoms in total. The van der Waals surface area contributed by atoms with E-state index in [-0.39, 0.29) is 23.4 Å². The molecular formula is C23H33F3O2Si. The maximum Gasteiger partial charge on any atom is 0.416 e. The maximum atomic E-state index is 13.0. The average Bonchev–Trinajstić information content (AvgIpc) is 2.59. The number of allylic oxidation sites excluding steroid dienone is 1. The number of halogens is 3. The molecule has 1 aromatic rings. The highest BCUT2D eigenvalue weighted by Crippen LogP contribution is 2.41. The molecule has 2 rings (SSSR count). The number of hydrogen-bond acceptors (Lipinski definition) is 2. The van der Waals surface area contributed by atoms with Gasteiger partial charge in [-0.25, -0.2) is 0 Å². The van der Waals surface area contributed by atoms with Gasteiger partial charge in [-0.05, 0) is 55.0 Å². The molecule has 1 aliphatic rings. The Kier molecular flexibility index (Phi) is 7.91. The van der Waals surface area contributed by atoms with Gasteiger partial charge >= 0.3 is 6.18 Å². The molecule has 29 heavy (non-hydrogen) atoms. The molecule has 0 heterocycles. The highest BCUT2D eigenvalue weighted by molar-refractivity contribution is 6.48. The average molecular weight is 427 g/mol. The number of ketones is 1. The zero-order valence-electron chi connectivity index (χ0n) is 18.1. The summed E-state index contributed by atoms with van der Waals surface area (Å²) in [6.07, 6.45) is 2.80. The molecule has 0 amide bonds. The Morgan fingerprint density at radius 1 is 1.14 bits per heavy atom. The molecule has 1 saturated carbocycles. The second kappa shape index (κ2) is 9.60. The van der Waals surface area contributed by atoms with Crippen LogP contribution in [0.3, 0.4) is 0 Å². The number of alkyl halides is 3.